The summed E-state index contributed by atoms with van der Waals surface area (Å²) in [5.74, 6) is -1.63. The number of carbonyl (C=O) groups excluding carboxylic acids is 1. The Hall–Kier alpha value is -3.13. The fourth-order valence-electron chi connectivity index (χ4n) is 3.68. The molecule has 1 amide bonds. The van der Waals surface area contributed by atoms with Crippen LogP contribution in [0.3, 0.4) is 0 Å². The summed E-state index contributed by atoms with van der Waals surface area (Å²) in [5, 5.41) is 18.1. The monoisotopic (exact) mass is 568 g/mol. The summed E-state index contributed by atoms with van der Waals surface area (Å²) in [6, 6.07) is 9.40. The minimum atomic E-state index is -3.58. The first-order valence-corrected chi connectivity index (χ1v) is 14.3. The summed E-state index contributed by atoms with van der Waals surface area (Å²) in [6.45, 7) is 2.18. The third kappa shape index (κ3) is 9.01. The Kier molecular flexibility index (Phi) is 10.5. The van der Waals surface area contributed by atoms with E-state index in [1.165, 1.54) is 5.38 Å². The van der Waals surface area contributed by atoms with Crippen molar-refractivity contribution in [1.82, 2.24) is 15.6 Å². The molecular weight excluding hydrogens is 538 g/mol. The Morgan fingerprint density at radius 1 is 1.16 bits per heavy atom. The van der Waals surface area contributed by atoms with Crippen molar-refractivity contribution in [2.24, 2.45) is 0 Å². The van der Waals surface area contributed by atoms with Crippen LogP contribution in [0.2, 0.25) is 0 Å². The van der Waals surface area contributed by atoms with Gasteiger partial charge in [-0.05, 0) is 48.2 Å². The molecule has 2 atom stereocenters. The fourth-order valence-corrected chi connectivity index (χ4v) is 5.73. The van der Waals surface area contributed by atoms with E-state index in [1.54, 1.807) is 20.1 Å². The summed E-state index contributed by atoms with van der Waals surface area (Å²) < 4.78 is 59.1. The van der Waals surface area contributed by atoms with E-state index in [9.17, 15) is 27.1 Å². The molecule has 0 spiro atoms. The quantitative estimate of drug-likeness (QED) is 0.235. The number of ether oxygens (including phenoxy) is 1. The molecule has 13 heteroatoms. The number of thiazole rings is 1. The molecule has 4 N–H and O–H groups in total. The first kappa shape index (κ1) is 29.4. The summed E-state index contributed by atoms with van der Waals surface area (Å²) >= 11 is 0.942. The van der Waals surface area contributed by atoms with Gasteiger partial charge < -0.3 is 20.5 Å². The number of aromatic nitrogens is 1. The summed E-state index contributed by atoms with van der Waals surface area (Å²) in [6.07, 6.45) is -0.792. The molecule has 0 aliphatic heterocycles. The number of hydrogen-bond acceptors (Lipinski definition) is 8. The van der Waals surface area contributed by atoms with Gasteiger partial charge in [0.1, 0.15) is 23.1 Å². The highest BCUT2D eigenvalue weighted by Crippen LogP contribution is 2.18. The minimum Gasteiger partial charge on any atom is -0.497 e. The summed E-state index contributed by atoms with van der Waals surface area (Å²) in [4.78, 5) is 16.9. The molecule has 0 fully saturated rings. The van der Waals surface area contributed by atoms with Crippen LogP contribution in [-0.4, -0.2) is 56.0 Å². The van der Waals surface area contributed by atoms with Gasteiger partial charge in [-0.2, -0.15) is 0 Å². The van der Waals surface area contributed by atoms with E-state index in [2.05, 4.69) is 20.3 Å². The number of halogens is 2. The van der Waals surface area contributed by atoms with E-state index in [4.69, 9.17) is 4.74 Å². The molecule has 0 aliphatic rings. The van der Waals surface area contributed by atoms with Gasteiger partial charge >= 0.3 is 0 Å². The number of amides is 1. The van der Waals surface area contributed by atoms with Gasteiger partial charge in [0.25, 0.3) is 5.91 Å². The fraction of sp³-hybridized carbons (Fsp3) is 0.360. The van der Waals surface area contributed by atoms with Crippen LogP contribution in [-0.2, 0) is 23.0 Å². The van der Waals surface area contributed by atoms with Gasteiger partial charge in [-0.1, -0.05) is 19.1 Å². The van der Waals surface area contributed by atoms with Crippen molar-refractivity contribution in [3.63, 3.8) is 0 Å². The molecular formula is C25H30F2N4O5S2. The Bertz CT molecular complexity index is 1320. The van der Waals surface area contributed by atoms with Crippen molar-refractivity contribution < 1.29 is 31.8 Å². The van der Waals surface area contributed by atoms with Crippen LogP contribution >= 0.6 is 11.3 Å². The van der Waals surface area contributed by atoms with Crippen molar-refractivity contribution in [2.75, 3.05) is 24.1 Å². The van der Waals surface area contributed by atoms with Crippen molar-refractivity contribution in [2.45, 2.75) is 38.5 Å². The van der Waals surface area contributed by atoms with Crippen LogP contribution in [0.15, 0.2) is 47.8 Å². The highest BCUT2D eigenvalue weighted by Gasteiger charge is 2.24. The molecule has 206 valence electrons. The van der Waals surface area contributed by atoms with Crippen molar-refractivity contribution in [3.05, 3.63) is 76.3 Å². The molecule has 0 aliphatic carbocycles. The predicted octanol–water partition coefficient (Wildman–Crippen LogP) is 3.07. The predicted molar refractivity (Wildman–Crippen MR) is 142 cm³/mol. The average molecular weight is 569 g/mol. The smallest absolute Gasteiger partial charge is 0.271 e. The molecule has 38 heavy (non-hydrogen) atoms. The van der Waals surface area contributed by atoms with E-state index >= 15 is 0 Å². The van der Waals surface area contributed by atoms with E-state index in [0.29, 0.717) is 18.7 Å². The molecule has 0 radical (unpaired) electrons. The Morgan fingerprint density at radius 3 is 2.58 bits per heavy atom. The van der Waals surface area contributed by atoms with Crippen molar-refractivity contribution in [3.8, 4) is 5.75 Å². The van der Waals surface area contributed by atoms with Crippen molar-refractivity contribution >= 4 is 32.4 Å². The number of aliphatic hydroxyl groups is 1. The van der Waals surface area contributed by atoms with Gasteiger partial charge in [0.15, 0.2) is 5.13 Å². The van der Waals surface area contributed by atoms with Gasteiger partial charge in [-0.15, -0.1) is 11.3 Å². The maximum absolute atomic E-state index is 13.8. The first-order chi connectivity index (χ1) is 18.1. The van der Waals surface area contributed by atoms with Crippen LogP contribution in [0.5, 0.6) is 5.75 Å². The molecule has 0 bridgehead atoms. The number of carbonyl (C=O) groups is 1. The molecule has 3 aromatic rings. The Balaban J connectivity index is 1.71. The van der Waals surface area contributed by atoms with Gasteiger partial charge in [0, 0.05) is 24.5 Å². The van der Waals surface area contributed by atoms with E-state index in [-0.39, 0.29) is 35.1 Å². The molecule has 3 rings (SSSR count). The maximum atomic E-state index is 13.8. The lowest BCUT2D eigenvalue weighted by molar-refractivity contribution is 0.0826. The zero-order chi connectivity index (χ0) is 27.7. The van der Waals surface area contributed by atoms with Crippen LogP contribution in [0.1, 0.15) is 35.0 Å². The number of benzene rings is 2. The van der Waals surface area contributed by atoms with Gasteiger partial charge in [-0.3, -0.25) is 9.52 Å². The number of aliphatic hydroxyl groups excluding tert-OH is 1. The second kappa shape index (κ2) is 13.6. The van der Waals surface area contributed by atoms with Crippen molar-refractivity contribution in [1.29, 1.82) is 0 Å². The normalized spacial score (nSPS) is 13.1. The van der Waals surface area contributed by atoms with Crippen LogP contribution in [0.25, 0.3) is 0 Å². The number of nitrogens with zero attached hydrogens (tertiary/aromatic N) is 1. The summed E-state index contributed by atoms with van der Waals surface area (Å²) in [5.41, 5.74) is 1.09. The van der Waals surface area contributed by atoms with Crippen LogP contribution < -0.4 is 20.1 Å². The van der Waals surface area contributed by atoms with E-state index in [0.717, 1.165) is 35.1 Å². The minimum absolute atomic E-state index is 0.0351. The number of hydrogen-bond donors (Lipinski definition) is 4. The van der Waals surface area contributed by atoms with Gasteiger partial charge in [0.05, 0.1) is 25.0 Å². The molecule has 9 nitrogen and oxygen atoms in total. The molecule has 0 saturated heterocycles. The first-order valence-electron chi connectivity index (χ1n) is 11.8. The zero-order valence-electron chi connectivity index (χ0n) is 20.9. The van der Waals surface area contributed by atoms with E-state index < -0.39 is 39.7 Å². The SMILES string of the molecule is CCCS(=O)(=O)Nc1nc(C(=O)N[C@@H](Cc2cc(F)cc(F)c2)[C@H](O)CNCc2cccc(OC)c2)cs1. The van der Waals surface area contributed by atoms with Crippen LogP contribution in [0.4, 0.5) is 13.9 Å². The molecule has 0 unspecified atom stereocenters. The highest BCUT2D eigenvalue weighted by molar-refractivity contribution is 7.92. The standard InChI is InChI=1S/C25H30F2N4O5S2/c1-3-7-38(34,35)31-25-30-22(15-37-25)24(33)29-21(11-17-8-18(26)12-19(27)9-17)23(32)14-28-13-16-5-4-6-20(10-16)36-2/h4-6,8-10,12,15,21,23,28,32H,3,7,11,13-14H2,1-2H3,(H,29,33)(H,30,31)/t21-,23+/m0/s1. The Labute approximate surface area is 224 Å². The second-order valence-electron chi connectivity index (χ2n) is 8.57. The summed E-state index contributed by atoms with van der Waals surface area (Å²) in [7, 11) is -2.02. The Morgan fingerprint density at radius 2 is 1.89 bits per heavy atom. The molecule has 2 aromatic carbocycles. The number of anilines is 1. The number of sulfonamides is 1. The number of rotatable bonds is 14. The average Bonchev–Trinajstić information content (AvgIpc) is 3.30. The highest BCUT2D eigenvalue weighted by atomic mass is 32.2. The number of methoxy groups -OCH3 is 1. The number of nitrogens with one attached hydrogen (secondary N) is 3. The molecule has 1 aromatic heterocycles. The van der Waals surface area contributed by atoms with Gasteiger partial charge in [-0.25, -0.2) is 22.2 Å². The third-order valence-corrected chi connectivity index (χ3v) is 7.77. The molecule has 1 heterocycles. The maximum Gasteiger partial charge on any atom is 0.271 e. The largest absolute Gasteiger partial charge is 0.497 e. The van der Waals surface area contributed by atoms with Crippen LogP contribution in [0, 0.1) is 11.6 Å². The lowest BCUT2D eigenvalue weighted by Gasteiger charge is -2.24. The topological polar surface area (TPSA) is 130 Å². The lowest BCUT2D eigenvalue weighted by Crippen LogP contribution is -2.48. The van der Waals surface area contributed by atoms with Gasteiger partial charge in [0.2, 0.25) is 10.0 Å². The third-order valence-electron chi connectivity index (χ3n) is 5.43. The second-order valence-corrected chi connectivity index (χ2v) is 11.3. The zero-order valence-corrected chi connectivity index (χ0v) is 22.5. The lowest BCUT2D eigenvalue weighted by atomic mass is 10.0. The molecule has 0 saturated carbocycles. The van der Waals surface area contributed by atoms with E-state index in [1.807, 2.05) is 18.2 Å².